The molecule has 180 valence electrons. The average Bonchev–Trinajstić information content (AvgIpc) is 3.27. The van der Waals surface area contributed by atoms with Gasteiger partial charge in [0.25, 0.3) is 23.3 Å². The van der Waals surface area contributed by atoms with Gasteiger partial charge in [-0.3, -0.25) is 28.8 Å². The molecule has 3 amide bonds. The molecule has 0 unspecified atom stereocenters. The van der Waals surface area contributed by atoms with Gasteiger partial charge in [-0.2, -0.15) is 0 Å². The number of fused-ring (bicyclic) bond motifs is 1. The highest BCUT2D eigenvalue weighted by molar-refractivity contribution is 6.22. The lowest BCUT2D eigenvalue weighted by Crippen LogP contribution is -2.31. The van der Waals surface area contributed by atoms with E-state index in [4.69, 9.17) is 0 Å². The van der Waals surface area contributed by atoms with Crippen molar-refractivity contribution in [3.05, 3.63) is 117 Å². The van der Waals surface area contributed by atoms with Gasteiger partial charge >= 0.3 is 0 Å². The summed E-state index contributed by atoms with van der Waals surface area (Å²) in [5.74, 6) is -1.34. The number of rotatable bonds is 6. The predicted molar refractivity (Wildman–Crippen MR) is 136 cm³/mol. The van der Waals surface area contributed by atoms with Crippen LogP contribution in [0.1, 0.15) is 42.3 Å². The van der Waals surface area contributed by atoms with E-state index in [1.807, 2.05) is 48.5 Å². The molecule has 1 aliphatic heterocycles. The number of amides is 3. The normalized spacial score (nSPS) is 12.7. The molecule has 0 bridgehead atoms. The van der Waals surface area contributed by atoms with E-state index in [9.17, 15) is 19.2 Å². The Labute approximate surface area is 207 Å². The molecule has 4 aromatic rings. The number of hydrogen-bond acceptors (Lipinski definition) is 4. The van der Waals surface area contributed by atoms with E-state index < -0.39 is 11.8 Å². The van der Waals surface area contributed by atoms with Crippen LogP contribution in [0.25, 0.3) is 5.69 Å². The monoisotopic (exact) mass is 480 g/mol. The minimum absolute atomic E-state index is 0.152. The number of nitrogens with one attached hydrogen (secondary N) is 1. The van der Waals surface area contributed by atoms with Gasteiger partial charge in [0, 0.05) is 19.2 Å². The van der Waals surface area contributed by atoms with Gasteiger partial charge in [-0.05, 0) is 49.2 Å². The van der Waals surface area contributed by atoms with Crippen molar-refractivity contribution < 1.29 is 14.4 Å². The Balaban J connectivity index is 1.38. The summed E-state index contributed by atoms with van der Waals surface area (Å²) < 4.78 is 3.14. The van der Waals surface area contributed by atoms with Crippen LogP contribution in [0.5, 0.6) is 0 Å². The van der Waals surface area contributed by atoms with Gasteiger partial charge in [0.15, 0.2) is 0 Å². The smallest absolute Gasteiger partial charge is 0.295 e. The number of benzene rings is 3. The molecule has 0 atom stereocenters. The summed E-state index contributed by atoms with van der Waals surface area (Å²) in [7, 11) is 1.74. The molecule has 36 heavy (non-hydrogen) atoms. The molecule has 2 heterocycles. The van der Waals surface area contributed by atoms with Crippen LogP contribution < -0.4 is 10.9 Å². The first kappa shape index (κ1) is 23.0. The highest BCUT2D eigenvalue weighted by Crippen LogP contribution is 2.25. The van der Waals surface area contributed by atoms with E-state index in [0.29, 0.717) is 17.8 Å². The fourth-order valence-electron chi connectivity index (χ4n) is 4.42. The second-order valence-corrected chi connectivity index (χ2v) is 8.65. The second-order valence-electron chi connectivity index (χ2n) is 8.65. The molecule has 0 radical (unpaired) electrons. The number of para-hydroxylation sites is 1. The van der Waals surface area contributed by atoms with Crippen LogP contribution in [0.3, 0.4) is 0 Å². The maximum atomic E-state index is 13.1. The first-order valence-corrected chi connectivity index (χ1v) is 11.6. The summed E-state index contributed by atoms with van der Waals surface area (Å²) in [5, 5.41) is 2.70. The molecular weight excluding hydrogens is 456 g/mol. The topological polar surface area (TPSA) is 93.4 Å². The third kappa shape index (κ3) is 3.92. The quantitative estimate of drug-likeness (QED) is 0.427. The summed E-state index contributed by atoms with van der Waals surface area (Å²) in [4.78, 5) is 53.2. The zero-order chi connectivity index (χ0) is 25.4. The SMILES string of the molecule is Cc1c(NC(=O)c2ccc3c(c2)C(=O)N(CCc2ccccc2)C3=O)c(=O)n(-c2ccccc2)n1C. The molecule has 8 nitrogen and oxygen atoms in total. The molecule has 0 fully saturated rings. The third-order valence-electron chi connectivity index (χ3n) is 6.49. The lowest BCUT2D eigenvalue weighted by atomic mass is 10.1. The maximum Gasteiger partial charge on any atom is 0.295 e. The van der Waals surface area contributed by atoms with Gasteiger partial charge in [0.05, 0.1) is 22.5 Å². The van der Waals surface area contributed by atoms with Crippen molar-refractivity contribution in [2.45, 2.75) is 13.3 Å². The molecular formula is C28H24N4O4. The van der Waals surface area contributed by atoms with E-state index >= 15 is 0 Å². The van der Waals surface area contributed by atoms with Crippen molar-refractivity contribution in [3.8, 4) is 5.69 Å². The van der Waals surface area contributed by atoms with Gasteiger partial charge in [-0.25, -0.2) is 4.68 Å². The molecule has 8 heteroatoms. The van der Waals surface area contributed by atoms with Crippen molar-refractivity contribution in [1.29, 1.82) is 0 Å². The number of hydrogen-bond donors (Lipinski definition) is 1. The van der Waals surface area contributed by atoms with E-state index in [1.165, 1.54) is 27.8 Å². The lowest BCUT2D eigenvalue weighted by Gasteiger charge is -2.13. The molecule has 0 spiro atoms. The summed E-state index contributed by atoms with van der Waals surface area (Å²) in [5.41, 5.74) is 2.71. The summed E-state index contributed by atoms with van der Waals surface area (Å²) in [6, 6.07) is 23.1. The lowest BCUT2D eigenvalue weighted by molar-refractivity contribution is 0.0656. The highest BCUT2D eigenvalue weighted by Gasteiger charge is 2.35. The molecule has 0 saturated heterocycles. The number of anilines is 1. The van der Waals surface area contributed by atoms with E-state index in [0.717, 1.165) is 5.56 Å². The minimum Gasteiger partial charge on any atom is -0.316 e. The van der Waals surface area contributed by atoms with E-state index in [2.05, 4.69) is 5.32 Å². The zero-order valence-corrected chi connectivity index (χ0v) is 19.9. The van der Waals surface area contributed by atoms with Crippen LogP contribution in [0.4, 0.5) is 5.69 Å². The molecule has 1 N–H and O–H groups in total. The van der Waals surface area contributed by atoms with Crippen LogP contribution in [0.2, 0.25) is 0 Å². The van der Waals surface area contributed by atoms with Gasteiger partial charge in [0.1, 0.15) is 5.69 Å². The largest absolute Gasteiger partial charge is 0.316 e. The number of aromatic nitrogens is 2. The number of carbonyl (C=O) groups is 3. The third-order valence-corrected chi connectivity index (χ3v) is 6.49. The average molecular weight is 481 g/mol. The Morgan fingerprint density at radius 3 is 2.17 bits per heavy atom. The van der Waals surface area contributed by atoms with Crippen LogP contribution in [-0.4, -0.2) is 38.5 Å². The van der Waals surface area contributed by atoms with Crippen LogP contribution in [0.15, 0.2) is 83.7 Å². The summed E-state index contributed by atoms with van der Waals surface area (Å²) in [6.45, 7) is 1.99. The van der Waals surface area contributed by atoms with Crippen molar-refractivity contribution >= 4 is 23.4 Å². The van der Waals surface area contributed by atoms with Gasteiger partial charge < -0.3 is 5.32 Å². The number of imide groups is 1. The zero-order valence-electron chi connectivity index (χ0n) is 19.9. The van der Waals surface area contributed by atoms with Crippen LogP contribution in [0, 0.1) is 6.92 Å². The van der Waals surface area contributed by atoms with Crippen LogP contribution in [-0.2, 0) is 13.5 Å². The number of carbonyl (C=O) groups excluding carboxylic acids is 3. The first-order chi connectivity index (χ1) is 17.4. The minimum atomic E-state index is -0.535. The van der Waals surface area contributed by atoms with E-state index in [-0.39, 0.29) is 40.4 Å². The Bertz CT molecular complexity index is 1550. The van der Waals surface area contributed by atoms with Gasteiger partial charge in [-0.15, -0.1) is 0 Å². The molecule has 1 aromatic heterocycles. The van der Waals surface area contributed by atoms with Crippen LogP contribution >= 0.6 is 0 Å². The summed E-state index contributed by atoms with van der Waals surface area (Å²) >= 11 is 0. The standard InChI is InChI=1S/C28H24N4O4/c1-18-24(28(36)32(30(18)2)21-11-7-4-8-12-21)29-25(33)20-13-14-22-23(17-20)27(35)31(26(22)34)16-15-19-9-5-3-6-10-19/h3-14,17H,15-16H2,1-2H3,(H,29,33). The molecule has 1 aliphatic rings. The van der Waals surface area contributed by atoms with Crippen molar-refractivity contribution in [2.24, 2.45) is 7.05 Å². The van der Waals surface area contributed by atoms with Crippen molar-refractivity contribution in [1.82, 2.24) is 14.3 Å². The van der Waals surface area contributed by atoms with Gasteiger partial charge in [0.2, 0.25) is 0 Å². The molecule has 0 aliphatic carbocycles. The Morgan fingerprint density at radius 1 is 0.833 bits per heavy atom. The van der Waals surface area contributed by atoms with Crippen molar-refractivity contribution in [3.63, 3.8) is 0 Å². The van der Waals surface area contributed by atoms with Gasteiger partial charge in [-0.1, -0.05) is 48.5 Å². The van der Waals surface area contributed by atoms with E-state index in [1.54, 1.807) is 30.8 Å². The Hall–Kier alpha value is -4.72. The van der Waals surface area contributed by atoms with Crippen molar-refractivity contribution in [2.75, 3.05) is 11.9 Å². The fourth-order valence-corrected chi connectivity index (χ4v) is 4.42. The summed E-state index contributed by atoms with van der Waals surface area (Å²) in [6.07, 6.45) is 0.542. The Kier molecular flexibility index (Phi) is 5.85. The maximum absolute atomic E-state index is 13.1. The second kappa shape index (κ2) is 9.14. The molecule has 5 rings (SSSR count). The highest BCUT2D eigenvalue weighted by atomic mass is 16.2. The first-order valence-electron chi connectivity index (χ1n) is 11.6. The fraction of sp³-hybridized carbons (Fsp3) is 0.143. The molecule has 3 aromatic carbocycles. The Morgan fingerprint density at radius 2 is 1.47 bits per heavy atom. The number of nitrogens with zero attached hydrogens (tertiary/aromatic N) is 3. The predicted octanol–water partition coefficient (Wildman–Crippen LogP) is 3.58. The molecule has 0 saturated carbocycles.